The van der Waals surface area contributed by atoms with Crippen molar-refractivity contribution < 1.29 is 12.9 Å². The molecule has 0 amide bonds. The van der Waals surface area contributed by atoms with Crippen LogP contribution < -0.4 is 4.72 Å². The zero-order chi connectivity index (χ0) is 17.0. The summed E-state index contributed by atoms with van der Waals surface area (Å²) in [6, 6.07) is 16.7. The first-order valence-corrected chi connectivity index (χ1v) is 9.08. The van der Waals surface area contributed by atoms with E-state index < -0.39 is 10.0 Å². The van der Waals surface area contributed by atoms with E-state index in [9.17, 15) is 8.42 Å². The maximum Gasteiger partial charge on any atom is 0.242 e. The molecule has 1 N–H and O–H groups in total. The first kappa shape index (κ1) is 16.4. The molecule has 0 unspecified atom stereocenters. The van der Waals surface area contributed by atoms with E-state index in [0.717, 1.165) is 16.7 Å². The van der Waals surface area contributed by atoms with E-state index in [2.05, 4.69) is 14.9 Å². The van der Waals surface area contributed by atoms with Crippen LogP contribution in [0.15, 0.2) is 59.1 Å². The lowest BCUT2D eigenvalue weighted by Crippen LogP contribution is -2.24. The molecule has 0 spiro atoms. The van der Waals surface area contributed by atoms with Gasteiger partial charge in [-0.15, -0.1) is 0 Å². The van der Waals surface area contributed by atoms with Crippen molar-refractivity contribution in [1.29, 1.82) is 0 Å². The van der Waals surface area contributed by atoms with Crippen molar-refractivity contribution in [2.45, 2.75) is 19.2 Å². The van der Waals surface area contributed by atoms with Crippen molar-refractivity contribution in [3.05, 3.63) is 71.6 Å². The van der Waals surface area contributed by atoms with E-state index in [0.29, 0.717) is 5.82 Å². The summed E-state index contributed by atoms with van der Waals surface area (Å²) < 4.78 is 31.9. The van der Waals surface area contributed by atoms with Crippen LogP contribution in [-0.4, -0.2) is 18.6 Å². The van der Waals surface area contributed by atoms with E-state index in [4.69, 9.17) is 4.52 Å². The Morgan fingerprint density at radius 1 is 1.08 bits per heavy atom. The smallest absolute Gasteiger partial charge is 0.242 e. The molecule has 124 valence electrons. The SMILES string of the molecule is Cc1cccc(CS(=O)(=O)NCc2nc(-c3ccccc3)no2)c1. The van der Waals surface area contributed by atoms with Gasteiger partial charge < -0.3 is 4.52 Å². The van der Waals surface area contributed by atoms with E-state index >= 15 is 0 Å². The lowest BCUT2D eigenvalue weighted by molar-refractivity contribution is 0.376. The molecule has 0 atom stereocenters. The van der Waals surface area contributed by atoms with Crippen LogP contribution in [0.3, 0.4) is 0 Å². The van der Waals surface area contributed by atoms with Crippen molar-refractivity contribution in [3.63, 3.8) is 0 Å². The minimum Gasteiger partial charge on any atom is -0.338 e. The van der Waals surface area contributed by atoms with Gasteiger partial charge >= 0.3 is 0 Å². The largest absolute Gasteiger partial charge is 0.338 e. The van der Waals surface area contributed by atoms with Gasteiger partial charge in [-0.25, -0.2) is 13.1 Å². The van der Waals surface area contributed by atoms with Crippen LogP contribution >= 0.6 is 0 Å². The summed E-state index contributed by atoms with van der Waals surface area (Å²) in [5.74, 6) is 0.569. The highest BCUT2D eigenvalue weighted by Crippen LogP contribution is 2.15. The molecule has 0 bridgehead atoms. The van der Waals surface area contributed by atoms with Gasteiger partial charge in [0, 0.05) is 5.56 Å². The number of aryl methyl sites for hydroxylation is 1. The second kappa shape index (κ2) is 6.94. The summed E-state index contributed by atoms with van der Waals surface area (Å²) in [6.07, 6.45) is 0. The number of benzene rings is 2. The maximum absolute atomic E-state index is 12.2. The fourth-order valence-corrected chi connectivity index (χ4v) is 3.34. The van der Waals surface area contributed by atoms with Crippen molar-refractivity contribution >= 4 is 10.0 Å². The average molecular weight is 343 g/mol. The Bertz CT molecular complexity index is 921. The zero-order valence-electron chi connectivity index (χ0n) is 13.1. The van der Waals surface area contributed by atoms with Crippen molar-refractivity contribution in [2.24, 2.45) is 0 Å². The van der Waals surface area contributed by atoms with Crippen LogP contribution in [0.2, 0.25) is 0 Å². The third-order valence-electron chi connectivity index (χ3n) is 3.38. The monoisotopic (exact) mass is 343 g/mol. The van der Waals surface area contributed by atoms with Crippen molar-refractivity contribution in [3.8, 4) is 11.4 Å². The lowest BCUT2D eigenvalue weighted by Gasteiger charge is -2.05. The molecule has 6 nitrogen and oxygen atoms in total. The van der Waals surface area contributed by atoms with Gasteiger partial charge in [-0.3, -0.25) is 0 Å². The Labute approximate surface area is 140 Å². The highest BCUT2D eigenvalue weighted by Gasteiger charge is 2.14. The number of nitrogens with one attached hydrogen (secondary N) is 1. The summed E-state index contributed by atoms with van der Waals surface area (Å²) in [5, 5.41) is 3.86. The molecule has 0 saturated heterocycles. The van der Waals surface area contributed by atoms with Crippen LogP contribution in [0.25, 0.3) is 11.4 Å². The summed E-state index contributed by atoms with van der Waals surface area (Å²) in [4.78, 5) is 4.20. The molecule has 7 heteroatoms. The lowest BCUT2D eigenvalue weighted by atomic mass is 10.2. The number of nitrogens with zero attached hydrogens (tertiary/aromatic N) is 2. The van der Waals surface area contributed by atoms with Gasteiger partial charge in [-0.2, -0.15) is 4.98 Å². The summed E-state index contributed by atoms with van der Waals surface area (Å²) in [6.45, 7) is 1.89. The molecular weight excluding hydrogens is 326 g/mol. The Morgan fingerprint density at radius 2 is 1.88 bits per heavy atom. The predicted molar refractivity (Wildman–Crippen MR) is 90.4 cm³/mol. The zero-order valence-corrected chi connectivity index (χ0v) is 14.0. The topological polar surface area (TPSA) is 85.1 Å². The second-order valence-corrected chi connectivity index (χ2v) is 7.25. The predicted octanol–water partition coefficient (Wildman–Crippen LogP) is 2.66. The Hall–Kier alpha value is -2.51. The fraction of sp³-hybridized carbons (Fsp3) is 0.176. The van der Waals surface area contributed by atoms with Crippen LogP contribution in [0.1, 0.15) is 17.0 Å². The van der Waals surface area contributed by atoms with Gasteiger partial charge in [0.05, 0.1) is 12.3 Å². The molecule has 2 aromatic carbocycles. The van der Waals surface area contributed by atoms with E-state index in [1.165, 1.54) is 0 Å². The van der Waals surface area contributed by atoms with Gasteiger partial charge in [0.15, 0.2) is 0 Å². The third-order valence-corrected chi connectivity index (χ3v) is 4.68. The quantitative estimate of drug-likeness (QED) is 0.744. The number of hydrogen-bond acceptors (Lipinski definition) is 5. The third kappa shape index (κ3) is 4.27. The number of rotatable bonds is 6. The Kier molecular flexibility index (Phi) is 4.73. The molecule has 0 aliphatic carbocycles. The molecular formula is C17H17N3O3S. The van der Waals surface area contributed by atoms with Gasteiger partial charge in [-0.1, -0.05) is 65.3 Å². The first-order chi connectivity index (χ1) is 11.5. The van der Waals surface area contributed by atoms with Crippen molar-refractivity contribution in [2.75, 3.05) is 0 Å². The van der Waals surface area contributed by atoms with Gasteiger partial charge in [-0.05, 0) is 12.5 Å². The van der Waals surface area contributed by atoms with Gasteiger partial charge in [0.2, 0.25) is 21.7 Å². The molecule has 0 radical (unpaired) electrons. The maximum atomic E-state index is 12.2. The van der Waals surface area contributed by atoms with Crippen molar-refractivity contribution in [1.82, 2.24) is 14.9 Å². The van der Waals surface area contributed by atoms with E-state index in [1.807, 2.05) is 55.5 Å². The highest BCUT2D eigenvalue weighted by atomic mass is 32.2. The van der Waals surface area contributed by atoms with Crippen LogP contribution in [0, 0.1) is 6.92 Å². The molecule has 3 aromatic rings. The summed E-state index contributed by atoms with van der Waals surface area (Å²) in [5.41, 5.74) is 2.57. The first-order valence-electron chi connectivity index (χ1n) is 7.43. The van der Waals surface area contributed by atoms with E-state index in [1.54, 1.807) is 6.07 Å². The van der Waals surface area contributed by atoms with Crippen LogP contribution in [0.5, 0.6) is 0 Å². The fourth-order valence-electron chi connectivity index (χ4n) is 2.28. The molecule has 1 aromatic heterocycles. The average Bonchev–Trinajstić information content (AvgIpc) is 3.03. The number of sulfonamides is 1. The normalized spacial score (nSPS) is 11.5. The number of hydrogen-bond donors (Lipinski definition) is 1. The molecule has 1 heterocycles. The number of aromatic nitrogens is 2. The summed E-state index contributed by atoms with van der Waals surface area (Å²) in [7, 11) is -3.48. The summed E-state index contributed by atoms with van der Waals surface area (Å²) >= 11 is 0. The Morgan fingerprint density at radius 3 is 2.62 bits per heavy atom. The molecule has 0 fully saturated rings. The van der Waals surface area contributed by atoms with Crippen LogP contribution in [-0.2, 0) is 22.3 Å². The van der Waals surface area contributed by atoms with Gasteiger partial charge in [0.1, 0.15) is 0 Å². The minimum absolute atomic E-state index is 0.0337. The second-order valence-electron chi connectivity index (χ2n) is 5.45. The highest BCUT2D eigenvalue weighted by molar-refractivity contribution is 7.88. The molecule has 0 aliphatic rings. The molecule has 3 rings (SSSR count). The van der Waals surface area contributed by atoms with Gasteiger partial charge in [0.25, 0.3) is 0 Å². The van der Waals surface area contributed by atoms with Crippen LogP contribution in [0.4, 0.5) is 0 Å². The Balaban J connectivity index is 1.64. The standard InChI is InChI=1S/C17H17N3O3S/c1-13-6-5-7-14(10-13)12-24(21,22)18-11-16-19-17(20-23-16)15-8-3-2-4-9-15/h2-10,18H,11-12H2,1H3. The van der Waals surface area contributed by atoms with E-state index in [-0.39, 0.29) is 18.2 Å². The molecule has 24 heavy (non-hydrogen) atoms. The molecule has 0 saturated carbocycles. The minimum atomic E-state index is -3.48. The molecule has 0 aliphatic heterocycles.